The summed E-state index contributed by atoms with van der Waals surface area (Å²) in [4.78, 5) is 4.09. The smallest absolute Gasteiger partial charge is 0.408 e. The number of fused-ring (bicyclic) bond motifs is 1. The summed E-state index contributed by atoms with van der Waals surface area (Å²) in [6.45, 7) is 1.21. The van der Waals surface area contributed by atoms with E-state index >= 15 is 0 Å². The quantitative estimate of drug-likeness (QED) is 0.650. The monoisotopic (exact) mass is 467 g/mol. The van der Waals surface area contributed by atoms with Gasteiger partial charge in [0.2, 0.25) is 10.0 Å². The fourth-order valence-corrected chi connectivity index (χ4v) is 3.49. The van der Waals surface area contributed by atoms with Crippen molar-refractivity contribution in [2.45, 2.75) is 24.9 Å². The van der Waals surface area contributed by atoms with Crippen molar-refractivity contribution in [1.29, 1.82) is 0 Å². The van der Waals surface area contributed by atoms with E-state index < -0.39 is 22.2 Å². The van der Waals surface area contributed by atoms with E-state index in [4.69, 9.17) is 9.47 Å². The van der Waals surface area contributed by atoms with Crippen LogP contribution in [0.15, 0.2) is 42.6 Å². The number of rotatable bonds is 7. The first-order valence-corrected chi connectivity index (χ1v) is 10.6. The highest BCUT2D eigenvalue weighted by Crippen LogP contribution is 2.33. The van der Waals surface area contributed by atoms with Crippen LogP contribution in [0.4, 0.5) is 13.2 Å². The second kappa shape index (κ2) is 9.82. The molecule has 1 aliphatic heterocycles. The predicted octanol–water partition coefficient (Wildman–Crippen LogP) is 2.59. The molecule has 7 nitrogen and oxygen atoms in total. The van der Waals surface area contributed by atoms with E-state index in [1.807, 2.05) is 0 Å². The van der Waals surface area contributed by atoms with E-state index in [1.54, 1.807) is 23.1 Å². The molecule has 0 amide bonds. The summed E-state index contributed by atoms with van der Waals surface area (Å²) < 4.78 is 74.9. The highest BCUT2D eigenvalue weighted by Gasteiger charge is 2.42. The van der Waals surface area contributed by atoms with Gasteiger partial charge < -0.3 is 14.8 Å². The van der Waals surface area contributed by atoms with Crippen LogP contribution in [-0.2, 0) is 16.6 Å². The number of aromatic nitrogens is 1. The van der Waals surface area contributed by atoms with Gasteiger partial charge in [0.1, 0.15) is 18.8 Å². The summed E-state index contributed by atoms with van der Waals surface area (Å²) in [5, 5.41) is 3.15. The fourth-order valence-electron chi connectivity index (χ4n) is 2.79. The highest BCUT2D eigenvalue weighted by molar-refractivity contribution is 7.88. The molecule has 1 aliphatic rings. The van der Waals surface area contributed by atoms with Gasteiger partial charge >= 0.3 is 6.18 Å². The van der Waals surface area contributed by atoms with Crippen LogP contribution in [0.1, 0.15) is 17.2 Å². The lowest BCUT2D eigenvalue weighted by atomic mass is 10.1. The van der Waals surface area contributed by atoms with E-state index in [2.05, 4.69) is 10.3 Å². The topological polar surface area (TPSA) is 89.6 Å². The van der Waals surface area contributed by atoms with E-state index in [0.29, 0.717) is 37.6 Å². The Kier molecular flexibility index (Phi) is 7.92. The van der Waals surface area contributed by atoms with Gasteiger partial charge in [-0.3, -0.25) is 0 Å². The first kappa shape index (κ1) is 24.2. The van der Waals surface area contributed by atoms with E-state index in [1.165, 1.54) is 24.3 Å². The zero-order valence-corrected chi connectivity index (χ0v) is 17.5. The van der Waals surface area contributed by atoms with E-state index in [9.17, 15) is 21.6 Å². The molecule has 0 saturated heterocycles. The van der Waals surface area contributed by atoms with Gasteiger partial charge in [0, 0.05) is 19.3 Å². The Morgan fingerprint density at radius 2 is 1.93 bits per heavy atom. The Hall–Kier alpha value is -2.08. The Bertz CT molecular complexity index is 942. The number of ether oxygens (including phenoxy) is 2. The van der Waals surface area contributed by atoms with Gasteiger partial charge in [0.05, 0.1) is 6.26 Å². The molecule has 12 heteroatoms. The van der Waals surface area contributed by atoms with Gasteiger partial charge in [-0.2, -0.15) is 17.9 Å². The first-order chi connectivity index (χ1) is 13.6. The average Bonchev–Trinajstić information content (AvgIpc) is 2.65. The second-order valence-corrected chi connectivity index (χ2v) is 8.37. The number of hydrogen-bond acceptors (Lipinski definition) is 6. The van der Waals surface area contributed by atoms with Gasteiger partial charge in [0.15, 0.2) is 5.75 Å². The molecule has 0 fully saturated rings. The van der Waals surface area contributed by atoms with Crippen molar-refractivity contribution < 1.29 is 31.1 Å². The lowest BCUT2D eigenvalue weighted by molar-refractivity contribution is -0.153. The third kappa shape index (κ3) is 6.73. The zero-order valence-electron chi connectivity index (χ0n) is 15.8. The fraction of sp³-hybridized carbons (Fsp3) is 0.389. The highest BCUT2D eigenvalue weighted by atomic mass is 35.5. The van der Waals surface area contributed by atoms with Crippen molar-refractivity contribution in [1.82, 2.24) is 15.0 Å². The molecule has 0 unspecified atom stereocenters. The summed E-state index contributed by atoms with van der Waals surface area (Å²) in [7, 11) is -4.03. The van der Waals surface area contributed by atoms with Crippen molar-refractivity contribution >= 4 is 22.4 Å². The molecule has 166 valence electrons. The number of benzene rings is 1. The number of sulfonamides is 1. The van der Waals surface area contributed by atoms with Crippen LogP contribution >= 0.6 is 12.4 Å². The molecule has 2 heterocycles. The van der Waals surface area contributed by atoms with Crippen LogP contribution in [0.3, 0.4) is 0 Å². The Morgan fingerprint density at radius 3 is 2.57 bits per heavy atom. The van der Waals surface area contributed by atoms with Gasteiger partial charge in [-0.15, -0.1) is 12.4 Å². The van der Waals surface area contributed by atoms with E-state index in [0.717, 1.165) is 5.56 Å². The molecule has 30 heavy (non-hydrogen) atoms. The van der Waals surface area contributed by atoms with Crippen LogP contribution < -0.4 is 19.5 Å². The summed E-state index contributed by atoms with van der Waals surface area (Å²) in [5.74, 6) is 1.01. The zero-order chi connectivity index (χ0) is 21.1. The summed E-state index contributed by atoms with van der Waals surface area (Å²) in [6, 6.07) is 6.77. The second-order valence-electron chi connectivity index (χ2n) is 6.59. The standard InChI is InChI=1S/C18H20F3N3O4S.ClH/c1-29(25,26)24-16(18(19,20)21)13-6-4-12(5-7-13)9-22-10-14-11-27-15-3-2-8-23-17(15)28-14;/h2-8,14,16,22,24H,9-11H2,1H3;1H/t14-,16-;/m0./s1. The summed E-state index contributed by atoms with van der Waals surface area (Å²) in [6.07, 6.45) is -2.70. The number of alkyl halides is 3. The minimum absolute atomic E-state index is 0. The molecule has 1 aromatic heterocycles. The Morgan fingerprint density at radius 1 is 1.23 bits per heavy atom. The Balaban J connectivity index is 0.00000320. The van der Waals surface area contributed by atoms with Crippen molar-refractivity contribution in [3.8, 4) is 11.6 Å². The molecular formula is C18H21ClF3N3O4S. The van der Waals surface area contributed by atoms with Crippen molar-refractivity contribution in [3.63, 3.8) is 0 Å². The largest absolute Gasteiger partial charge is 0.484 e. The molecule has 2 aromatic rings. The molecular weight excluding hydrogens is 447 g/mol. The number of nitrogens with zero attached hydrogens (tertiary/aromatic N) is 1. The summed E-state index contributed by atoms with van der Waals surface area (Å²) >= 11 is 0. The van der Waals surface area contributed by atoms with Crippen LogP contribution in [0.25, 0.3) is 0 Å². The number of hydrogen-bond donors (Lipinski definition) is 2. The van der Waals surface area contributed by atoms with E-state index in [-0.39, 0.29) is 24.1 Å². The van der Waals surface area contributed by atoms with Gasteiger partial charge in [-0.05, 0) is 23.3 Å². The molecule has 2 atom stereocenters. The lowest BCUT2D eigenvalue weighted by Crippen LogP contribution is -2.38. The number of halogens is 4. The molecule has 0 radical (unpaired) electrons. The van der Waals surface area contributed by atoms with Gasteiger partial charge in [-0.1, -0.05) is 24.3 Å². The molecule has 1 aromatic carbocycles. The maximum absolute atomic E-state index is 13.2. The number of pyridine rings is 1. The van der Waals surface area contributed by atoms with Crippen LogP contribution in [0, 0.1) is 0 Å². The summed E-state index contributed by atoms with van der Waals surface area (Å²) in [5.41, 5.74) is 0.558. The van der Waals surface area contributed by atoms with Crippen molar-refractivity contribution in [2.75, 3.05) is 19.4 Å². The van der Waals surface area contributed by atoms with Crippen LogP contribution in [0.5, 0.6) is 11.6 Å². The minimum atomic E-state index is -4.74. The van der Waals surface area contributed by atoms with Crippen LogP contribution in [0.2, 0.25) is 0 Å². The minimum Gasteiger partial charge on any atom is -0.484 e. The normalized spacial score (nSPS) is 17.1. The molecule has 0 bridgehead atoms. The van der Waals surface area contributed by atoms with Gasteiger partial charge in [0.25, 0.3) is 5.88 Å². The molecule has 2 N–H and O–H groups in total. The first-order valence-electron chi connectivity index (χ1n) is 8.70. The SMILES string of the molecule is CS(=O)(=O)N[C@@H](c1ccc(CNC[C@H]2COc3cccnc3O2)cc1)C(F)(F)F.Cl. The van der Waals surface area contributed by atoms with Gasteiger partial charge in [-0.25, -0.2) is 13.4 Å². The maximum atomic E-state index is 13.2. The third-order valence-corrected chi connectivity index (χ3v) is 4.78. The molecule has 3 rings (SSSR count). The maximum Gasteiger partial charge on any atom is 0.408 e. The Labute approximate surface area is 178 Å². The van der Waals surface area contributed by atoms with Crippen LogP contribution in [-0.4, -0.2) is 45.1 Å². The molecule has 0 spiro atoms. The predicted molar refractivity (Wildman–Crippen MR) is 106 cm³/mol. The molecule has 0 aliphatic carbocycles. The lowest BCUT2D eigenvalue weighted by Gasteiger charge is -2.25. The average molecular weight is 468 g/mol. The molecule has 0 saturated carbocycles. The number of nitrogens with one attached hydrogen (secondary N) is 2. The van der Waals surface area contributed by atoms with Crippen molar-refractivity contribution in [3.05, 3.63) is 53.7 Å². The third-order valence-electron chi connectivity index (χ3n) is 4.11. The van der Waals surface area contributed by atoms with Crippen molar-refractivity contribution in [2.24, 2.45) is 0 Å².